The van der Waals surface area contributed by atoms with Gasteiger partial charge in [-0.05, 0) is 0 Å². The molecule has 0 aliphatic rings. The zero-order valence-electron chi connectivity index (χ0n) is 9.64. The van der Waals surface area contributed by atoms with E-state index in [0.717, 1.165) is 0 Å². The quantitative estimate of drug-likeness (QED) is 0.648. The first-order chi connectivity index (χ1) is 7.41. The van der Waals surface area contributed by atoms with Gasteiger partial charge in [-0.1, -0.05) is 0 Å². The van der Waals surface area contributed by atoms with Crippen LogP contribution in [0.25, 0.3) is 10.8 Å². The Bertz CT molecular complexity index is 541. The number of hydrogen-bond donors (Lipinski definition) is 0. The van der Waals surface area contributed by atoms with Gasteiger partial charge in [0.2, 0.25) is 0 Å². The molecule has 0 saturated carbocycles. The molecule has 0 aromatic heterocycles. The molecular weight excluding hydrogens is 346 g/mol. The van der Waals surface area contributed by atoms with Gasteiger partial charge >= 0.3 is 111 Å². The van der Waals surface area contributed by atoms with Crippen molar-refractivity contribution in [3.8, 4) is 0 Å². The fourth-order valence-electron chi connectivity index (χ4n) is 1.93. The first-order valence-electron chi connectivity index (χ1n) is 5.28. The molecule has 0 N–H and O–H groups in total. The summed E-state index contributed by atoms with van der Waals surface area (Å²) in [5, 5.41) is 3.72. The molecular formula is C13H14Cl2Sn. The van der Waals surface area contributed by atoms with Crippen LogP contribution in [0.2, 0.25) is 24.9 Å². The molecule has 0 spiro atoms. The SMILES string of the molecule is [CH3][Sn]([CH3])([CH3])[c]1cccc2ccc(Cl)c(Cl)c12. The molecule has 0 bridgehead atoms. The third-order valence-corrected chi connectivity index (χ3v) is 9.35. The van der Waals surface area contributed by atoms with E-state index in [4.69, 9.17) is 23.2 Å². The molecule has 84 valence electrons. The normalized spacial score (nSPS) is 12.1. The summed E-state index contributed by atoms with van der Waals surface area (Å²) in [5.41, 5.74) is 0. The second-order valence-corrected chi connectivity index (χ2v) is 20.2. The van der Waals surface area contributed by atoms with Crippen LogP contribution in [-0.4, -0.2) is 18.4 Å². The van der Waals surface area contributed by atoms with E-state index in [2.05, 4.69) is 33.0 Å². The topological polar surface area (TPSA) is 0 Å². The van der Waals surface area contributed by atoms with Crippen LogP contribution in [0.5, 0.6) is 0 Å². The number of rotatable bonds is 1. The van der Waals surface area contributed by atoms with Crippen molar-refractivity contribution in [2.75, 3.05) is 0 Å². The van der Waals surface area contributed by atoms with Gasteiger partial charge in [0.25, 0.3) is 0 Å². The number of fused-ring (bicyclic) bond motifs is 1. The number of halogens is 2. The molecule has 2 aromatic rings. The summed E-state index contributed by atoms with van der Waals surface area (Å²) in [5.74, 6) is 0. The van der Waals surface area contributed by atoms with Crippen LogP contribution in [0.15, 0.2) is 30.3 Å². The predicted molar refractivity (Wildman–Crippen MR) is 76.9 cm³/mol. The molecule has 0 radical (unpaired) electrons. The monoisotopic (exact) mass is 360 g/mol. The van der Waals surface area contributed by atoms with E-state index in [0.29, 0.717) is 10.0 Å². The van der Waals surface area contributed by atoms with Crippen LogP contribution in [-0.2, 0) is 0 Å². The Balaban J connectivity index is 2.91. The maximum atomic E-state index is 6.34. The predicted octanol–water partition coefficient (Wildman–Crippen LogP) is 4.69. The standard InChI is InChI=1S/C10H5Cl2.3CH3.Sn/c11-9-6-5-7-3-1-2-4-8(7)10(9)12;;;;/h1-3,5-6H;3*1H3;. The summed E-state index contributed by atoms with van der Waals surface area (Å²) in [4.78, 5) is 7.17. The molecule has 0 heterocycles. The fraction of sp³-hybridized carbons (Fsp3) is 0.231. The third-order valence-electron chi connectivity index (χ3n) is 2.74. The zero-order chi connectivity index (χ0) is 11.9. The summed E-state index contributed by atoms with van der Waals surface area (Å²) < 4.78 is 1.44. The van der Waals surface area contributed by atoms with Crippen LogP contribution < -0.4 is 3.58 Å². The van der Waals surface area contributed by atoms with Gasteiger partial charge in [0.1, 0.15) is 0 Å². The third kappa shape index (κ3) is 2.20. The number of hydrogen-bond acceptors (Lipinski definition) is 0. The van der Waals surface area contributed by atoms with E-state index in [1.165, 1.54) is 14.4 Å². The summed E-state index contributed by atoms with van der Waals surface area (Å²) >= 11 is 10.3. The molecule has 0 saturated heterocycles. The average Bonchev–Trinajstić information content (AvgIpc) is 2.21. The molecule has 2 aromatic carbocycles. The van der Waals surface area contributed by atoms with Crippen LogP contribution >= 0.6 is 23.2 Å². The van der Waals surface area contributed by atoms with Crippen molar-refractivity contribution in [3.05, 3.63) is 40.4 Å². The second kappa shape index (κ2) is 4.39. The van der Waals surface area contributed by atoms with Gasteiger partial charge in [-0.3, -0.25) is 0 Å². The zero-order valence-corrected chi connectivity index (χ0v) is 14.0. The Morgan fingerprint density at radius 3 is 2.25 bits per heavy atom. The Hall–Kier alpha value is 0.0787. The van der Waals surface area contributed by atoms with Gasteiger partial charge in [-0.25, -0.2) is 0 Å². The molecule has 3 heteroatoms. The molecule has 0 atom stereocenters. The van der Waals surface area contributed by atoms with Gasteiger partial charge in [0, 0.05) is 0 Å². The summed E-state index contributed by atoms with van der Waals surface area (Å²) in [6, 6.07) is 10.3. The van der Waals surface area contributed by atoms with E-state index in [9.17, 15) is 0 Å². The Morgan fingerprint density at radius 2 is 1.62 bits per heavy atom. The maximum absolute atomic E-state index is 6.34. The van der Waals surface area contributed by atoms with Crippen molar-refractivity contribution in [1.82, 2.24) is 0 Å². The molecule has 2 rings (SSSR count). The first-order valence-corrected chi connectivity index (χ1v) is 16.0. The molecule has 0 fully saturated rings. The van der Waals surface area contributed by atoms with Crippen molar-refractivity contribution < 1.29 is 0 Å². The van der Waals surface area contributed by atoms with Crippen molar-refractivity contribution in [2.45, 2.75) is 14.8 Å². The fourth-order valence-corrected chi connectivity index (χ4v) is 7.20. The van der Waals surface area contributed by atoms with Crippen LogP contribution in [0, 0.1) is 0 Å². The minimum absolute atomic E-state index is 0.650. The van der Waals surface area contributed by atoms with Gasteiger partial charge in [-0.2, -0.15) is 0 Å². The van der Waals surface area contributed by atoms with Crippen LogP contribution in [0.3, 0.4) is 0 Å². The van der Waals surface area contributed by atoms with E-state index < -0.39 is 18.4 Å². The van der Waals surface area contributed by atoms with Crippen molar-refractivity contribution in [2.24, 2.45) is 0 Å². The Labute approximate surface area is 110 Å². The van der Waals surface area contributed by atoms with Crippen molar-refractivity contribution >= 4 is 55.9 Å². The van der Waals surface area contributed by atoms with Crippen molar-refractivity contribution in [3.63, 3.8) is 0 Å². The van der Waals surface area contributed by atoms with Crippen LogP contribution in [0.4, 0.5) is 0 Å². The second-order valence-electron chi connectivity index (χ2n) is 5.02. The van der Waals surface area contributed by atoms with Crippen LogP contribution in [0.1, 0.15) is 0 Å². The van der Waals surface area contributed by atoms with E-state index in [-0.39, 0.29) is 0 Å². The van der Waals surface area contributed by atoms with Gasteiger partial charge in [0.15, 0.2) is 0 Å². The molecule has 0 unspecified atom stereocenters. The molecule has 0 nitrogen and oxygen atoms in total. The van der Waals surface area contributed by atoms with Crippen molar-refractivity contribution in [1.29, 1.82) is 0 Å². The molecule has 0 amide bonds. The van der Waals surface area contributed by atoms with Gasteiger partial charge < -0.3 is 0 Å². The molecule has 0 aliphatic heterocycles. The summed E-state index contributed by atoms with van der Waals surface area (Å²) in [6.45, 7) is 0. The molecule has 16 heavy (non-hydrogen) atoms. The Kier molecular flexibility index (Phi) is 3.44. The van der Waals surface area contributed by atoms with E-state index >= 15 is 0 Å². The van der Waals surface area contributed by atoms with E-state index in [1.54, 1.807) is 0 Å². The minimum atomic E-state index is -2.14. The van der Waals surface area contributed by atoms with E-state index in [1.807, 2.05) is 12.1 Å². The molecule has 0 aliphatic carbocycles. The first kappa shape index (κ1) is 12.5. The summed E-state index contributed by atoms with van der Waals surface area (Å²) in [7, 11) is 0. The van der Waals surface area contributed by atoms with Gasteiger partial charge in [0.05, 0.1) is 0 Å². The number of benzene rings is 2. The average molecular weight is 360 g/mol. The Morgan fingerprint density at radius 1 is 0.938 bits per heavy atom. The van der Waals surface area contributed by atoms with Gasteiger partial charge in [-0.15, -0.1) is 0 Å². The summed E-state index contributed by atoms with van der Waals surface area (Å²) in [6.07, 6.45) is 0.